The summed E-state index contributed by atoms with van der Waals surface area (Å²) >= 11 is 0. The maximum atomic E-state index is 11.8. The Morgan fingerprint density at radius 3 is 2.82 bits per heavy atom. The highest BCUT2D eigenvalue weighted by Gasteiger charge is 2.28. The van der Waals surface area contributed by atoms with Gasteiger partial charge in [-0.25, -0.2) is 4.79 Å². The molecule has 1 rings (SSSR count). The number of esters is 1. The molecule has 0 fully saturated rings. The van der Waals surface area contributed by atoms with Crippen LogP contribution in [-0.4, -0.2) is 23.5 Å². The third-order valence-corrected chi connectivity index (χ3v) is 2.90. The van der Waals surface area contributed by atoms with E-state index in [2.05, 4.69) is 6.58 Å². The van der Waals surface area contributed by atoms with Gasteiger partial charge in [-0.05, 0) is 18.8 Å². The molecule has 1 aliphatic carbocycles. The van der Waals surface area contributed by atoms with Crippen molar-refractivity contribution in [1.29, 1.82) is 0 Å². The van der Waals surface area contributed by atoms with E-state index in [0.717, 1.165) is 6.08 Å². The van der Waals surface area contributed by atoms with Gasteiger partial charge in [-0.15, -0.1) is 0 Å². The molecule has 0 aromatic rings. The van der Waals surface area contributed by atoms with Gasteiger partial charge in [-0.1, -0.05) is 13.5 Å². The van der Waals surface area contributed by atoms with Gasteiger partial charge in [0.05, 0.1) is 0 Å². The van der Waals surface area contributed by atoms with Crippen LogP contribution in [0.5, 0.6) is 0 Å². The molecule has 0 aromatic carbocycles. The minimum absolute atomic E-state index is 0.0177. The fraction of sp³-hybridized carbons (Fsp3) is 0.538. The predicted octanol–water partition coefficient (Wildman–Crippen LogP) is 1.74. The molecule has 0 saturated heterocycles. The van der Waals surface area contributed by atoms with Crippen molar-refractivity contribution in [2.24, 2.45) is 5.92 Å². The Morgan fingerprint density at radius 2 is 2.29 bits per heavy atom. The summed E-state index contributed by atoms with van der Waals surface area (Å²) in [6, 6.07) is 0. The molecule has 0 saturated carbocycles. The van der Waals surface area contributed by atoms with Crippen LogP contribution in [0, 0.1) is 5.92 Å². The molecule has 1 unspecified atom stereocenters. The van der Waals surface area contributed by atoms with Crippen molar-refractivity contribution in [3.8, 4) is 0 Å². The lowest BCUT2D eigenvalue weighted by Gasteiger charge is -2.24. The molecule has 0 bridgehead atoms. The Hall–Kier alpha value is -1.42. The van der Waals surface area contributed by atoms with Crippen molar-refractivity contribution >= 4 is 11.8 Å². The summed E-state index contributed by atoms with van der Waals surface area (Å²) in [5, 5.41) is 8.89. The van der Waals surface area contributed by atoms with Crippen molar-refractivity contribution in [1.82, 2.24) is 0 Å². The molecule has 0 amide bonds. The van der Waals surface area contributed by atoms with Gasteiger partial charge in [0.15, 0.2) is 5.78 Å². The number of carbonyl (C=O) groups is 2. The van der Waals surface area contributed by atoms with E-state index in [0.29, 0.717) is 37.0 Å². The Morgan fingerprint density at radius 1 is 1.59 bits per heavy atom. The zero-order valence-electron chi connectivity index (χ0n) is 10.1. The molecule has 0 aliphatic heterocycles. The Labute approximate surface area is 101 Å². The molecule has 4 nitrogen and oxygen atoms in total. The standard InChI is InChI=1S/C13H18O4/c1-3-10-11(15)7-9(5-6-14)8-12(10)17-13(16)4-2/h4,9,14H,2-3,5-8H2,1H3. The largest absolute Gasteiger partial charge is 0.427 e. The predicted molar refractivity (Wildman–Crippen MR) is 63.0 cm³/mol. The van der Waals surface area contributed by atoms with Crippen molar-refractivity contribution < 1.29 is 19.4 Å². The molecule has 0 aromatic heterocycles. The fourth-order valence-corrected chi connectivity index (χ4v) is 2.05. The minimum atomic E-state index is -0.539. The van der Waals surface area contributed by atoms with Crippen LogP contribution in [0.3, 0.4) is 0 Å². The van der Waals surface area contributed by atoms with Crippen LogP contribution in [-0.2, 0) is 14.3 Å². The second kappa shape index (κ2) is 6.35. The third kappa shape index (κ3) is 3.53. The molecule has 0 heterocycles. The number of carbonyl (C=O) groups excluding carboxylic acids is 2. The van der Waals surface area contributed by atoms with E-state index in [1.807, 2.05) is 6.92 Å². The average Bonchev–Trinajstić information content (AvgIpc) is 2.29. The summed E-state index contributed by atoms with van der Waals surface area (Å²) in [6.07, 6.45) is 3.16. The van der Waals surface area contributed by atoms with Gasteiger partial charge in [0, 0.05) is 31.1 Å². The van der Waals surface area contributed by atoms with E-state index >= 15 is 0 Å². The molecule has 1 atom stereocenters. The number of hydrogen-bond acceptors (Lipinski definition) is 4. The van der Waals surface area contributed by atoms with Crippen LogP contribution >= 0.6 is 0 Å². The first-order valence-corrected chi connectivity index (χ1v) is 5.82. The number of allylic oxidation sites excluding steroid dienone is 2. The molecular weight excluding hydrogens is 220 g/mol. The zero-order valence-corrected chi connectivity index (χ0v) is 10.1. The first-order valence-electron chi connectivity index (χ1n) is 5.82. The second-order valence-corrected chi connectivity index (χ2v) is 4.09. The van der Waals surface area contributed by atoms with Crippen LogP contribution in [0.1, 0.15) is 32.6 Å². The summed E-state index contributed by atoms with van der Waals surface area (Å²) in [5.41, 5.74) is 0.592. The number of ether oxygens (including phenoxy) is 1. The van der Waals surface area contributed by atoms with Crippen LogP contribution in [0.15, 0.2) is 24.0 Å². The zero-order chi connectivity index (χ0) is 12.8. The van der Waals surface area contributed by atoms with E-state index in [1.54, 1.807) is 0 Å². The van der Waals surface area contributed by atoms with Crippen LogP contribution in [0.4, 0.5) is 0 Å². The smallest absolute Gasteiger partial charge is 0.335 e. The topological polar surface area (TPSA) is 63.6 Å². The summed E-state index contributed by atoms with van der Waals surface area (Å²) in [7, 11) is 0. The van der Waals surface area contributed by atoms with Crippen LogP contribution in [0.2, 0.25) is 0 Å². The lowest BCUT2D eigenvalue weighted by molar-refractivity contribution is -0.134. The number of aliphatic hydroxyl groups excluding tert-OH is 1. The first kappa shape index (κ1) is 13.6. The fourth-order valence-electron chi connectivity index (χ4n) is 2.05. The maximum Gasteiger partial charge on any atom is 0.335 e. The quantitative estimate of drug-likeness (QED) is 0.585. The van der Waals surface area contributed by atoms with Crippen molar-refractivity contribution in [2.45, 2.75) is 32.6 Å². The normalized spacial score (nSPS) is 20.4. The Balaban J connectivity index is 2.87. The van der Waals surface area contributed by atoms with Gasteiger partial charge >= 0.3 is 5.97 Å². The highest BCUT2D eigenvalue weighted by atomic mass is 16.5. The number of rotatable bonds is 5. The number of aliphatic hydroxyl groups is 1. The SMILES string of the molecule is C=CC(=O)OC1=C(CC)C(=O)CC(CCO)C1. The van der Waals surface area contributed by atoms with Crippen molar-refractivity contribution in [3.05, 3.63) is 24.0 Å². The highest BCUT2D eigenvalue weighted by Crippen LogP contribution is 2.31. The van der Waals surface area contributed by atoms with E-state index in [9.17, 15) is 9.59 Å². The van der Waals surface area contributed by atoms with Crippen LogP contribution in [0.25, 0.3) is 0 Å². The Kier molecular flexibility index (Phi) is 5.10. The minimum Gasteiger partial charge on any atom is -0.427 e. The molecule has 1 N–H and O–H groups in total. The Bertz CT molecular complexity index is 354. The maximum absolute atomic E-state index is 11.8. The lowest BCUT2D eigenvalue weighted by Crippen LogP contribution is -2.22. The van der Waals surface area contributed by atoms with Gasteiger partial charge in [-0.2, -0.15) is 0 Å². The van der Waals surface area contributed by atoms with Gasteiger partial charge in [0.25, 0.3) is 0 Å². The van der Waals surface area contributed by atoms with Crippen molar-refractivity contribution in [2.75, 3.05) is 6.61 Å². The molecule has 0 radical (unpaired) electrons. The molecule has 1 aliphatic rings. The molecule has 94 valence electrons. The molecule has 4 heteroatoms. The number of ketones is 1. The van der Waals surface area contributed by atoms with Gasteiger partial charge < -0.3 is 9.84 Å². The summed E-state index contributed by atoms with van der Waals surface area (Å²) in [6.45, 7) is 5.24. The lowest BCUT2D eigenvalue weighted by atomic mass is 9.84. The average molecular weight is 238 g/mol. The molecular formula is C13H18O4. The van der Waals surface area contributed by atoms with Crippen molar-refractivity contribution in [3.63, 3.8) is 0 Å². The summed E-state index contributed by atoms with van der Waals surface area (Å²) in [4.78, 5) is 23.0. The summed E-state index contributed by atoms with van der Waals surface area (Å²) in [5.74, 6) is -0.00465. The second-order valence-electron chi connectivity index (χ2n) is 4.09. The monoisotopic (exact) mass is 238 g/mol. The molecule has 0 spiro atoms. The van der Waals surface area contributed by atoms with Crippen LogP contribution < -0.4 is 0 Å². The van der Waals surface area contributed by atoms with E-state index in [4.69, 9.17) is 9.84 Å². The number of hydrogen-bond donors (Lipinski definition) is 1. The highest BCUT2D eigenvalue weighted by molar-refractivity contribution is 5.97. The van der Waals surface area contributed by atoms with Gasteiger partial charge in [0.1, 0.15) is 5.76 Å². The number of Topliss-reactive ketones (excluding diaryl/α,β-unsaturated/α-hetero) is 1. The van der Waals surface area contributed by atoms with E-state index in [-0.39, 0.29) is 18.3 Å². The molecule has 17 heavy (non-hydrogen) atoms. The van der Waals surface area contributed by atoms with E-state index < -0.39 is 5.97 Å². The van der Waals surface area contributed by atoms with Gasteiger partial charge in [-0.3, -0.25) is 4.79 Å². The van der Waals surface area contributed by atoms with Gasteiger partial charge in [0.2, 0.25) is 0 Å². The summed E-state index contributed by atoms with van der Waals surface area (Å²) < 4.78 is 5.11. The third-order valence-electron chi connectivity index (χ3n) is 2.90. The first-order chi connectivity index (χ1) is 8.12. The van der Waals surface area contributed by atoms with E-state index in [1.165, 1.54) is 0 Å².